The average molecular weight is 252 g/mol. The fraction of sp³-hybridized carbons (Fsp3) is 0.0625. The van der Waals surface area contributed by atoms with Gasteiger partial charge in [0.05, 0.1) is 12.7 Å². The van der Waals surface area contributed by atoms with E-state index in [9.17, 15) is 4.79 Å². The van der Waals surface area contributed by atoms with Crippen molar-refractivity contribution in [3.8, 4) is 17.1 Å². The molecule has 0 N–H and O–H groups in total. The number of para-hydroxylation sites is 1. The van der Waals surface area contributed by atoms with Gasteiger partial charge in [0.1, 0.15) is 23.4 Å². The van der Waals surface area contributed by atoms with E-state index < -0.39 is 0 Å². The van der Waals surface area contributed by atoms with Crippen molar-refractivity contribution in [2.75, 3.05) is 7.11 Å². The van der Waals surface area contributed by atoms with Gasteiger partial charge < -0.3 is 9.15 Å². The van der Waals surface area contributed by atoms with Crippen LogP contribution in [0.25, 0.3) is 22.3 Å². The molecule has 0 saturated heterocycles. The molecule has 3 rings (SSSR count). The molecule has 0 fully saturated rings. The van der Waals surface area contributed by atoms with Gasteiger partial charge in [0, 0.05) is 10.9 Å². The largest absolute Gasteiger partial charge is 0.496 e. The van der Waals surface area contributed by atoms with Crippen LogP contribution in [0.2, 0.25) is 0 Å². The number of rotatable bonds is 3. The van der Waals surface area contributed by atoms with Crippen LogP contribution < -0.4 is 4.74 Å². The number of benzene rings is 2. The number of aldehydes is 1. The van der Waals surface area contributed by atoms with E-state index in [2.05, 4.69) is 0 Å². The summed E-state index contributed by atoms with van der Waals surface area (Å²) in [5, 5.41) is 0.908. The van der Waals surface area contributed by atoms with Gasteiger partial charge in [0.25, 0.3) is 0 Å². The fourth-order valence-electron chi connectivity index (χ4n) is 2.12. The molecule has 2 aromatic carbocycles. The molecule has 0 aliphatic heterocycles. The van der Waals surface area contributed by atoms with E-state index in [0.717, 1.165) is 34.3 Å². The molecule has 19 heavy (non-hydrogen) atoms. The van der Waals surface area contributed by atoms with Crippen molar-refractivity contribution in [2.24, 2.45) is 0 Å². The zero-order valence-electron chi connectivity index (χ0n) is 10.4. The van der Waals surface area contributed by atoms with Crippen molar-refractivity contribution in [3.63, 3.8) is 0 Å². The van der Waals surface area contributed by atoms with Crippen LogP contribution in [0.4, 0.5) is 0 Å². The lowest BCUT2D eigenvalue weighted by Gasteiger charge is -2.04. The molecule has 3 nitrogen and oxygen atoms in total. The molecule has 1 heterocycles. The topological polar surface area (TPSA) is 39.4 Å². The number of carbonyl (C=O) groups excluding carboxylic acids is 1. The highest BCUT2D eigenvalue weighted by atomic mass is 16.5. The van der Waals surface area contributed by atoms with E-state index in [1.807, 2.05) is 36.4 Å². The van der Waals surface area contributed by atoms with E-state index in [4.69, 9.17) is 9.15 Å². The number of ether oxygens (including phenoxy) is 1. The highest BCUT2D eigenvalue weighted by molar-refractivity contribution is 5.89. The molecule has 0 spiro atoms. The molecule has 3 heteroatoms. The number of methoxy groups -OCH3 is 1. The van der Waals surface area contributed by atoms with Crippen molar-refractivity contribution in [2.45, 2.75) is 0 Å². The first-order valence-electron chi connectivity index (χ1n) is 5.94. The first-order valence-corrected chi connectivity index (χ1v) is 5.94. The van der Waals surface area contributed by atoms with Crippen molar-refractivity contribution in [3.05, 3.63) is 54.1 Å². The molecule has 0 atom stereocenters. The Morgan fingerprint density at radius 1 is 1.11 bits per heavy atom. The Morgan fingerprint density at radius 3 is 2.74 bits per heavy atom. The van der Waals surface area contributed by atoms with E-state index in [1.165, 1.54) is 0 Å². The Bertz CT molecular complexity index is 741. The number of fused-ring (bicyclic) bond motifs is 1. The minimum Gasteiger partial charge on any atom is -0.496 e. The van der Waals surface area contributed by atoms with Crippen LogP contribution in [0.1, 0.15) is 10.4 Å². The summed E-state index contributed by atoms with van der Waals surface area (Å²) < 4.78 is 11.1. The molecule has 0 saturated carbocycles. The fourth-order valence-corrected chi connectivity index (χ4v) is 2.12. The molecule has 3 aromatic rings. The van der Waals surface area contributed by atoms with Gasteiger partial charge in [-0.1, -0.05) is 12.1 Å². The van der Waals surface area contributed by atoms with Gasteiger partial charge in [0.15, 0.2) is 0 Å². The van der Waals surface area contributed by atoms with Gasteiger partial charge >= 0.3 is 0 Å². The standard InChI is InChI=1S/C16H12O3/c1-18-15-5-3-2-4-13(15)16-9-12-8-11(10-17)6-7-14(12)19-16/h2-10H,1H3. The molecule has 0 unspecified atom stereocenters. The molecule has 0 amide bonds. The Balaban J connectivity index is 2.17. The molecule has 0 aliphatic rings. The molecular formula is C16H12O3. The van der Waals surface area contributed by atoms with Crippen LogP contribution >= 0.6 is 0 Å². The van der Waals surface area contributed by atoms with Gasteiger partial charge in [0.2, 0.25) is 0 Å². The second-order valence-corrected chi connectivity index (χ2v) is 4.23. The molecule has 1 aromatic heterocycles. The minimum atomic E-state index is 0.639. The van der Waals surface area contributed by atoms with Gasteiger partial charge in [-0.25, -0.2) is 0 Å². The van der Waals surface area contributed by atoms with Crippen molar-refractivity contribution < 1.29 is 13.9 Å². The third kappa shape index (κ3) is 1.99. The predicted molar refractivity (Wildman–Crippen MR) is 73.6 cm³/mol. The average Bonchev–Trinajstić information content (AvgIpc) is 2.89. The van der Waals surface area contributed by atoms with Gasteiger partial charge in [-0.05, 0) is 36.4 Å². The summed E-state index contributed by atoms with van der Waals surface area (Å²) in [5.41, 5.74) is 2.29. The highest BCUT2D eigenvalue weighted by Crippen LogP contribution is 2.33. The van der Waals surface area contributed by atoms with Crippen LogP contribution in [0.3, 0.4) is 0 Å². The summed E-state index contributed by atoms with van der Waals surface area (Å²) in [5.74, 6) is 1.49. The Labute approximate surface area is 110 Å². The first-order chi connectivity index (χ1) is 9.31. The van der Waals surface area contributed by atoms with Crippen LogP contribution in [0.5, 0.6) is 5.75 Å². The smallest absolute Gasteiger partial charge is 0.150 e. The van der Waals surface area contributed by atoms with Crippen LogP contribution in [-0.4, -0.2) is 13.4 Å². The Kier molecular flexibility index (Phi) is 2.80. The van der Waals surface area contributed by atoms with E-state index in [-0.39, 0.29) is 0 Å². The third-order valence-corrected chi connectivity index (χ3v) is 3.05. The van der Waals surface area contributed by atoms with Gasteiger partial charge in [-0.15, -0.1) is 0 Å². The van der Waals surface area contributed by atoms with Crippen LogP contribution in [0.15, 0.2) is 52.9 Å². The van der Waals surface area contributed by atoms with E-state index >= 15 is 0 Å². The van der Waals surface area contributed by atoms with Crippen molar-refractivity contribution in [1.82, 2.24) is 0 Å². The molecule has 0 bridgehead atoms. The highest BCUT2D eigenvalue weighted by Gasteiger charge is 2.10. The maximum absolute atomic E-state index is 10.8. The first kappa shape index (κ1) is 11.5. The Hall–Kier alpha value is -2.55. The van der Waals surface area contributed by atoms with Crippen molar-refractivity contribution in [1.29, 1.82) is 0 Å². The van der Waals surface area contributed by atoms with Gasteiger partial charge in [-0.3, -0.25) is 4.79 Å². The zero-order chi connectivity index (χ0) is 13.2. The van der Waals surface area contributed by atoms with Crippen LogP contribution in [0, 0.1) is 0 Å². The second-order valence-electron chi connectivity index (χ2n) is 4.23. The monoisotopic (exact) mass is 252 g/mol. The lowest BCUT2D eigenvalue weighted by molar-refractivity contribution is 0.112. The molecule has 0 radical (unpaired) electrons. The number of hydrogen-bond donors (Lipinski definition) is 0. The summed E-state index contributed by atoms with van der Waals surface area (Å²) in [4.78, 5) is 10.8. The normalized spacial score (nSPS) is 10.6. The minimum absolute atomic E-state index is 0.639. The van der Waals surface area contributed by atoms with E-state index in [1.54, 1.807) is 19.2 Å². The summed E-state index contributed by atoms with van der Waals surface area (Å²) >= 11 is 0. The maximum Gasteiger partial charge on any atom is 0.150 e. The lowest BCUT2D eigenvalue weighted by atomic mass is 10.1. The number of carbonyl (C=O) groups is 1. The number of furan rings is 1. The maximum atomic E-state index is 10.8. The lowest BCUT2D eigenvalue weighted by Crippen LogP contribution is -1.85. The Morgan fingerprint density at radius 2 is 1.95 bits per heavy atom. The summed E-state index contributed by atoms with van der Waals surface area (Å²) in [6.07, 6.45) is 0.829. The molecule has 94 valence electrons. The summed E-state index contributed by atoms with van der Waals surface area (Å²) in [7, 11) is 1.63. The van der Waals surface area contributed by atoms with Crippen LogP contribution in [-0.2, 0) is 0 Å². The number of hydrogen-bond acceptors (Lipinski definition) is 3. The molecular weight excluding hydrogens is 240 g/mol. The predicted octanol–water partition coefficient (Wildman–Crippen LogP) is 3.92. The van der Waals surface area contributed by atoms with Crippen molar-refractivity contribution >= 4 is 17.3 Å². The zero-order valence-corrected chi connectivity index (χ0v) is 10.4. The second kappa shape index (κ2) is 4.61. The quantitative estimate of drug-likeness (QED) is 0.663. The van der Waals surface area contributed by atoms with E-state index in [0.29, 0.717) is 5.56 Å². The van der Waals surface area contributed by atoms with Gasteiger partial charge in [-0.2, -0.15) is 0 Å². The summed E-state index contributed by atoms with van der Waals surface area (Å²) in [6, 6.07) is 14.9. The SMILES string of the molecule is COc1ccccc1-c1cc2cc(C=O)ccc2o1. The summed E-state index contributed by atoms with van der Waals surface area (Å²) in [6.45, 7) is 0. The third-order valence-electron chi connectivity index (χ3n) is 3.05. The molecule has 0 aliphatic carbocycles.